The number of hydrogen-bond acceptors (Lipinski definition) is 5. The van der Waals surface area contributed by atoms with Crippen molar-refractivity contribution >= 4 is 27.3 Å². The molecule has 0 bridgehead atoms. The monoisotopic (exact) mass is 492 g/mol. The van der Waals surface area contributed by atoms with Gasteiger partial charge in [-0.3, -0.25) is 9.10 Å². The molecule has 1 atom stereocenters. The van der Waals surface area contributed by atoms with Gasteiger partial charge in [-0.1, -0.05) is 6.07 Å². The Kier molecular flexibility index (Phi) is 6.49. The number of rotatable bonds is 6. The number of carbonyl (C=O) groups excluding carboxylic acids is 1. The summed E-state index contributed by atoms with van der Waals surface area (Å²) in [5, 5.41) is 2.38. The Labute approximate surface area is 193 Å². The summed E-state index contributed by atoms with van der Waals surface area (Å²) in [6.45, 7) is -0.0280. The molecule has 178 valence electrons. The van der Waals surface area contributed by atoms with Crippen LogP contribution in [0.2, 0.25) is 0 Å². The molecule has 1 N–H and O–H groups in total. The zero-order valence-corrected chi connectivity index (χ0v) is 18.6. The summed E-state index contributed by atoms with van der Waals surface area (Å²) >= 11 is 0. The number of sulfonamides is 1. The largest absolute Gasteiger partial charge is 0.484 e. The normalized spacial score (nSPS) is 15.4. The van der Waals surface area contributed by atoms with Crippen LogP contribution in [0, 0.1) is 17.5 Å². The average molecular weight is 492 g/mol. The van der Waals surface area contributed by atoms with Crippen LogP contribution in [-0.2, 0) is 14.8 Å². The number of fused-ring (bicyclic) bond motifs is 1. The van der Waals surface area contributed by atoms with Crippen molar-refractivity contribution in [2.75, 3.05) is 29.9 Å². The van der Waals surface area contributed by atoms with Gasteiger partial charge in [-0.05, 0) is 54.6 Å². The molecule has 0 aromatic heterocycles. The number of benzene rings is 3. The fraction of sp³-hybridized carbons (Fsp3) is 0.174. The summed E-state index contributed by atoms with van der Waals surface area (Å²) in [4.78, 5) is 12.3. The maximum atomic E-state index is 14.0. The van der Waals surface area contributed by atoms with Gasteiger partial charge in [0.1, 0.15) is 34.9 Å². The molecule has 1 heterocycles. The van der Waals surface area contributed by atoms with Crippen molar-refractivity contribution < 1.29 is 35.9 Å². The topological polar surface area (TPSA) is 84.9 Å². The molecule has 34 heavy (non-hydrogen) atoms. The Morgan fingerprint density at radius 3 is 2.41 bits per heavy atom. The molecule has 7 nitrogen and oxygen atoms in total. The summed E-state index contributed by atoms with van der Waals surface area (Å²) in [6, 6.07) is 11.5. The minimum atomic E-state index is -4.16. The van der Waals surface area contributed by atoms with Crippen LogP contribution in [0.15, 0.2) is 65.6 Å². The Balaban J connectivity index is 1.72. The van der Waals surface area contributed by atoms with Crippen molar-refractivity contribution in [2.24, 2.45) is 0 Å². The van der Waals surface area contributed by atoms with E-state index in [1.807, 2.05) is 0 Å². The number of hydrogen-bond donors (Lipinski definition) is 1. The highest BCUT2D eigenvalue weighted by atomic mass is 32.2. The van der Waals surface area contributed by atoms with E-state index in [1.165, 1.54) is 25.3 Å². The molecule has 1 aliphatic heterocycles. The second-order valence-corrected chi connectivity index (χ2v) is 9.28. The first-order valence-corrected chi connectivity index (χ1v) is 11.5. The van der Waals surface area contributed by atoms with Crippen LogP contribution in [0.5, 0.6) is 5.75 Å². The number of anilines is 2. The Hall–Kier alpha value is -3.57. The average Bonchev–Trinajstić information content (AvgIpc) is 2.79. The van der Waals surface area contributed by atoms with Gasteiger partial charge in [0.2, 0.25) is 0 Å². The maximum Gasteiger partial charge on any atom is 0.264 e. The van der Waals surface area contributed by atoms with Gasteiger partial charge in [0.25, 0.3) is 15.9 Å². The number of ether oxygens (including phenoxy) is 2. The number of nitrogens with zero attached hydrogens (tertiary/aromatic N) is 1. The molecule has 1 aliphatic rings. The standard InChI is InChI=1S/C23H19F3N2O5S/c1-32-13-16-12-28(34(30,31)17-8-5-14(24)6-9-17)20-11-15(7-10-21(20)33-16)27-23(29)22-18(25)3-2-4-19(22)26/h2-11,16H,12-13H2,1H3,(H,27,29). The molecule has 3 aromatic rings. The summed E-state index contributed by atoms with van der Waals surface area (Å²) in [7, 11) is -2.71. The highest BCUT2D eigenvalue weighted by molar-refractivity contribution is 7.92. The molecule has 1 amide bonds. The lowest BCUT2D eigenvalue weighted by molar-refractivity contribution is 0.0820. The zero-order chi connectivity index (χ0) is 24.5. The molecule has 4 rings (SSSR count). The van der Waals surface area contributed by atoms with E-state index in [2.05, 4.69) is 5.32 Å². The summed E-state index contributed by atoms with van der Waals surface area (Å²) in [5.74, 6) is -3.53. The first-order valence-electron chi connectivity index (χ1n) is 10.0. The second-order valence-electron chi connectivity index (χ2n) is 7.42. The third-order valence-corrected chi connectivity index (χ3v) is 6.89. The minimum absolute atomic E-state index is 0.0829. The first-order chi connectivity index (χ1) is 16.2. The smallest absolute Gasteiger partial charge is 0.264 e. The Morgan fingerprint density at radius 1 is 1.09 bits per heavy atom. The van der Waals surface area contributed by atoms with Crippen LogP contribution in [0.4, 0.5) is 24.5 Å². The van der Waals surface area contributed by atoms with E-state index >= 15 is 0 Å². The molecule has 0 radical (unpaired) electrons. The Morgan fingerprint density at radius 2 is 1.76 bits per heavy atom. The number of amides is 1. The lowest BCUT2D eigenvalue weighted by Gasteiger charge is -2.35. The van der Waals surface area contributed by atoms with E-state index in [0.29, 0.717) is 0 Å². The number of halogens is 3. The van der Waals surface area contributed by atoms with Gasteiger partial charge in [-0.2, -0.15) is 0 Å². The van der Waals surface area contributed by atoms with Crippen molar-refractivity contribution in [3.8, 4) is 5.75 Å². The quantitative estimate of drug-likeness (QED) is 0.563. The van der Waals surface area contributed by atoms with Crippen LogP contribution in [-0.4, -0.2) is 40.7 Å². The van der Waals surface area contributed by atoms with Crippen LogP contribution in [0.1, 0.15) is 10.4 Å². The highest BCUT2D eigenvalue weighted by Crippen LogP contribution is 2.39. The Bertz CT molecular complexity index is 1310. The lowest BCUT2D eigenvalue weighted by Crippen LogP contribution is -2.45. The maximum absolute atomic E-state index is 14.0. The number of nitrogens with one attached hydrogen (secondary N) is 1. The van der Waals surface area contributed by atoms with Crippen molar-refractivity contribution in [1.29, 1.82) is 0 Å². The fourth-order valence-corrected chi connectivity index (χ4v) is 5.03. The molecule has 0 aliphatic carbocycles. The van der Waals surface area contributed by atoms with Crippen LogP contribution in [0.3, 0.4) is 0 Å². The van der Waals surface area contributed by atoms with Crippen molar-refractivity contribution in [2.45, 2.75) is 11.0 Å². The second kappa shape index (κ2) is 9.35. The first kappa shape index (κ1) is 23.6. The molecular weight excluding hydrogens is 473 g/mol. The van der Waals surface area contributed by atoms with E-state index in [4.69, 9.17) is 9.47 Å². The van der Waals surface area contributed by atoms with E-state index in [9.17, 15) is 26.4 Å². The predicted octanol–water partition coefficient (Wildman–Crippen LogP) is 3.96. The van der Waals surface area contributed by atoms with E-state index in [1.54, 1.807) is 0 Å². The molecular formula is C23H19F3N2O5S. The molecule has 0 saturated carbocycles. The number of carbonyl (C=O) groups is 1. The van der Waals surface area contributed by atoms with Gasteiger partial charge in [0, 0.05) is 12.8 Å². The van der Waals surface area contributed by atoms with Crippen molar-refractivity contribution in [1.82, 2.24) is 0 Å². The molecule has 1 unspecified atom stereocenters. The SMILES string of the molecule is COCC1CN(S(=O)(=O)c2ccc(F)cc2)c2cc(NC(=O)c3c(F)cccc3F)ccc2O1. The number of methoxy groups -OCH3 is 1. The van der Waals surface area contributed by atoms with Crippen LogP contribution in [0.25, 0.3) is 0 Å². The highest BCUT2D eigenvalue weighted by Gasteiger charge is 2.35. The van der Waals surface area contributed by atoms with E-state index in [0.717, 1.165) is 46.8 Å². The van der Waals surface area contributed by atoms with E-state index < -0.39 is 45.0 Å². The van der Waals surface area contributed by atoms with Crippen molar-refractivity contribution in [3.63, 3.8) is 0 Å². The van der Waals surface area contributed by atoms with Gasteiger partial charge in [0.15, 0.2) is 0 Å². The molecule has 11 heteroatoms. The third kappa shape index (κ3) is 4.57. The molecule has 0 spiro atoms. The lowest BCUT2D eigenvalue weighted by atomic mass is 10.1. The van der Waals surface area contributed by atoms with Crippen molar-refractivity contribution in [3.05, 3.63) is 83.7 Å². The summed E-state index contributed by atoms with van der Waals surface area (Å²) in [6.07, 6.45) is -0.638. The third-order valence-electron chi connectivity index (χ3n) is 5.09. The fourth-order valence-electron chi connectivity index (χ4n) is 3.53. The van der Waals surface area contributed by atoms with E-state index in [-0.39, 0.29) is 35.2 Å². The van der Waals surface area contributed by atoms with Gasteiger partial charge >= 0.3 is 0 Å². The zero-order valence-electron chi connectivity index (χ0n) is 17.8. The van der Waals surface area contributed by atoms with Gasteiger partial charge in [0.05, 0.1) is 23.7 Å². The summed E-state index contributed by atoms with van der Waals surface area (Å²) in [5.41, 5.74) is -0.601. The summed E-state index contributed by atoms with van der Waals surface area (Å²) < 4.78 is 80.0. The van der Waals surface area contributed by atoms with Gasteiger partial charge < -0.3 is 14.8 Å². The van der Waals surface area contributed by atoms with Crippen LogP contribution >= 0.6 is 0 Å². The molecule has 0 fully saturated rings. The van der Waals surface area contributed by atoms with Crippen LogP contribution < -0.4 is 14.4 Å². The van der Waals surface area contributed by atoms with Gasteiger partial charge in [-0.25, -0.2) is 21.6 Å². The minimum Gasteiger partial charge on any atom is -0.484 e. The predicted molar refractivity (Wildman–Crippen MR) is 118 cm³/mol. The molecule has 0 saturated heterocycles. The molecule has 3 aromatic carbocycles. The van der Waals surface area contributed by atoms with Gasteiger partial charge in [-0.15, -0.1) is 0 Å².